The highest BCUT2D eigenvalue weighted by molar-refractivity contribution is 5.95. The number of nitrogens with zero attached hydrogens (tertiary/aromatic N) is 3. The first-order valence-corrected chi connectivity index (χ1v) is 9.09. The molecule has 5 nitrogen and oxygen atoms in total. The lowest BCUT2D eigenvalue weighted by Crippen LogP contribution is -2.52. The highest BCUT2D eigenvalue weighted by atomic mass is 16.3. The molecule has 25 heavy (non-hydrogen) atoms. The van der Waals surface area contributed by atoms with Crippen LogP contribution in [0.15, 0.2) is 18.2 Å². The molecule has 2 unspecified atom stereocenters. The van der Waals surface area contributed by atoms with E-state index in [0.29, 0.717) is 13.0 Å². The van der Waals surface area contributed by atoms with Crippen LogP contribution in [0.2, 0.25) is 0 Å². The van der Waals surface area contributed by atoms with E-state index in [9.17, 15) is 9.90 Å². The number of rotatable bonds is 6. The van der Waals surface area contributed by atoms with Gasteiger partial charge in [0.1, 0.15) is 0 Å². The van der Waals surface area contributed by atoms with Crippen LogP contribution in [0.5, 0.6) is 0 Å². The molecular weight excluding hydrogens is 314 g/mol. The number of carbonyl (C=O) groups excluding carboxylic acids is 1. The van der Waals surface area contributed by atoms with Crippen LogP contribution in [0, 0.1) is 25.2 Å². The predicted octanol–water partition coefficient (Wildman–Crippen LogP) is 2.79. The van der Waals surface area contributed by atoms with Crippen LogP contribution in [-0.4, -0.2) is 47.7 Å². The summed E-state index contributed by atoms with van der Waals surface area (Å²) in [5, 5.41) is 18.6. The molecule has 136 valence electrons. The van der Waals surface area contributed by atoms with Crippen LogP contribution in [0.1, 0.15) is 43.7 Å². The van der Waals surface area contributed by atoms with Gasteiger partial charge in [-0.05, 0) is 50.8 Å². The van der Waals surface area contributed by atoms with E-state index < -0.39 is 0 Å². The average Bonchev–Trinajstić information content (AvgIpc) is 2.60. The Morgan fingerprint density at radius 1 is 1.40 bits per heavy atom. The van der Waals surface area contributed by atoms with Crippen molar-refractivity contribution in [3.05, 3.63) is 29.3 Å². The van der Waals surface area contributed by atoms with Gasteiger partial charge in [-0.25, -0.2) is 0 Å². The van der Waals surface area contributed by atoms with Crippen LogP contribution >= 0.6 is 0 Å². The maximum Gasteiger partial charge on any atom is 0.241 e. The Labute approximate surface area is 150 Å². The van der Waals surface area contributed by atoms with Crippen LogP contribution in [0.25, 0.3) is 0 Å². The highest BCUT2D eigenvalue weighted by Crippen LogP contribution is 2.26. The van der Waals surface area contributed by atoms with Gasteiger partial charge in [-0.1, -0.05) is 18.6 Å². The van der Waals surface area contributed by atoms with Crippen molar-refractivity contribution in [1.82, 2.24) is 4.90 Å². The van der Waals surface area contributed by atoms with Crippen LogP contribution in [-0.2, 0) is 4.79 Å². The van der Waals surface area contributed by atoms with E-state index in [1.807, 2.05) is 32.0 Å². The molecule has 1 amide bonds. The van der Waals surface area contributed by atoms with Gasteiger partial charge in [-0.3, -0.25) is 9.69 Å². The number of aliphatic hydroxyl groups excluding tert-OH is 1. The summed E-state index contributed by atoms with van der Waals surface area (Å²) in [5.41, 5.74) is 3.08. The third-order valence-electron chi connectivity index (χ3n) is 5.34. The summed E-state index contributed by atoms with van der Waals surface area (Å²) in [4.78, 5) is 16.9. The van der Waals surface area contributed by atoms with E-state index in [1.54, 1.807) is 4.90 Å². The maximum atomic E-state index is 13.1. The molecule has 0 spiro atoms. The summed E-state index contributed by atoms with van der Waals surface area (Å²) < 4.78 is 0. The Hall–Kier alpha value is -1.90. The fraction of sp³-hybridized carbons (Fsp3) is 0.600. The van der Waals surface area contributed by atoms with Gasteiger partial charge in [0.2, 0.25) is 5.91 Å². The minimum Gasteiger partial charge on any atom is -0.395 e. The molecule has 0 aliphatic carbocycles. The van der Waals surface area contributed by atoms with E-state index >= 15 is 0 Å². The summed E-state index contributed by atoms with van der Waals surface area (Å²) in [7, 11) is 0. The van der Waals surface area contributed by atoms with Crippen molar-refractivity contribution in [2.45, 2.75) is 58.5 Å². The Balaban J connectivity index is 2.23. The van der Waals surface area contributed by atoms with E-state index in [-0.39, 0.29) is 31.1 Å². The minimum atomic E-state index is -0.00356. The third-order valence-corrected chi connectivity index (χ3v) is 5.34. The monoisotopic (exact) mass is 343 g/mol. The molecule has 1 aromatic carbocycles. The summed E-state index contributed by atoms with van der Waals surface area (Å²) in [6.07, 6.45) is 3.37. The zero-order chi connectivity index (χ0) is 18.4. The number of hydrogen-bond donors (Lipinski definition) is 1. The van der Waals surface area contributed by atoms with Gasteiger partial charge in [-0.15, -0.1) is 0 Å². The Morgan fingerprint density at radius 3 is 2.84 bits per heavy atom. The van der Waals surface area contributed by atoms with E-state index in [1.165, 1.54) is 0 Å². The zero-order valence-corrected chi connectivity index (χ0v) is 15.5. The van der Waals surface area contributed by atoms with Crippen molar-refractivity contribution in [3.63, 3.8) is 0 Å². The maximum absolute atomic E-state index is 13.1. The standard InChI is InChI=1S/C20H29N3O2/c1-15-7-4-10-19(17(15)3)22(12-6-11-21)20(25)13-23-16(2)8-5-9-18(23)14-24/h4,7,10,16,18,24H,5-6,8-9,12-14H2,1-3H3. The molecule has 1 aromatic rings. The van der Waals surface area contributed by atoms with Gasteiger partial charge >= 0.3 is 0 Å². The molecule has 0 saturated carbocycles. The van der Waals surface area contributed by atoms with Crippen molar-refractivity contribution >= 4 is 11.6 Å². The van der Waals surface area contributed by atoms with Gasteiger partial charge in [0.05, 0.1) is 25.6 Å². The molecule has 5 heteroatoms. The average molecular weight is 343 g/mol. The fourth-order valence-corrected chi connectivity index (χ4v) is 3.63. The second-order valence-corrected chi connectivity index (χ2v) is 6.96. The largest absolute Gasteiger partial charge is 0.395 e. The number of piperidine rings is 1. The Bertz CT molecular complexity index is 638. The first kappa shape index (κ1) is 19.4. The van der Waals surface area contributed by atoms with Crippen molar-refractivity contribution in [1.29, 1.82) is 5.26 Å². The Morgan fingerprint density at radius 2 is 2.16 bits per heavy atom. The first-order chi connectivity index (χ1) is 12.0. The lowest BCUT2D eigenvalue weighted by atomic mass is 9.97. The van der Waals surface area contributed by atoms with E-state index in [4.69, 9.17) is 5.26 Å². The van der Waals surface area contributed by atoms with Crippen molar-refractivity contribution < 1.29 is 9.90 Å². The fourth-order valence-electron chi connectivity index (χ4n) is 3.63. The van der Waals surface area contributed by atoms with Crippen molar-refractivity contribution in [2.75, 3.05) is 24.6 Å². The van der Waals surface area contributed by atoms with Gasteiger partial charge in [0, 0.05) is 24.3 Å². The SMILES string of the molecule is Cc1cccc(N(CCC#N)C(=O)CN2C(C)CCCC2CO)c1C. The normalized spacial score (nSPS) is 20.9. The van der Waals surface area contributed by atoms with E-state index in [0.717, 1.165) is 36.1 Å². The first-order valence-electron chi connectivity index (χ1n) is 9.09. The molecule has 0 radical (unpaired) electrons. The molecule has 2 atom stereocenters. The zero-order valence-electron chi connectivity index (χ0n) is 15.5. The highest BCUT2D eigenvalue weighted by Gasteiger charge is 2.30. The van der Waals surface area contributed by atoms with Gasteiger partial charge in [0.15, 0.2) is 0 Å². The number of carbonyl (C=O) groups is 1. The smallest absolute Gasteiger partial charge is 0.241 e. The molecule has 1 N–H and O–H groups in total. The second kappa shape index (κ2) is 8.98. The lowest BCUT2D eigenvalue weighted by Gasteiger charge is -2.40. The number of aryl methyl sites for hydroxylation is 1. The molecule has 1 aliphatic heterocycles. The van der Waals surface area contributed by atoms with Crippen LogP contribution in [0.4, 0.5) is 5.69 Å². The number of nitriles is 1. The summed E-state index contributed by atoms with van der Waals surface area (Å²) >= 11 is 0. The molecule has 0 aromatic heterocycles. The lowest BCUT2D eigenvalue weighted by molar-refractivity contribution is -0.121. The molecule has 1 heterocycles. The van der Waals surface area contributed by atoms with Crippen LogP contribution < -0.4 is 4.90 Å². The number of amides is 1. The van der Waals surface area contributed by atoms with Crippen molar-refractivity contribution in [2.24, 2.45) is 0 Å². The molecule has 2 rings (SSSR count). The van der Waals surface area contributed by atoms with Gasteiger partial charge < -0.3 is 10.0 Å². The molecular formula is C20H29N3O2. The molecule has 0 bridgehead atoms. The van der Waals surface area contributed by atoms with E-state index in [2.05, 4.69) is 17.9 Å². The Kier molecular flexibility index (Phi) is 6.98. The predicted molar refractivity (Wildman–Crippen MR) is 99.4 cm³/mol. The van der Waals surface area contributed by atoms with Gasteiger partial charge in [0.25, 0.3) is 0 Å². The number of aliphatic hydroxyl groups is 1. The number of anilines is 1. The summed E-state index contributed by atoms with van der Waals surface area (Å²) in [5.74, 6) is -0.00356. The number of hydrogen-bond acceptors (Lipinski definition) is 4. The van der Waals surface area contributed by atoms with Crippen LogP contribution in [0.3, 0.4) is 0 Å². The third kappa shape index (κ3) is 4.59. The summed E-state index contributed by atoms with van der Waals surface area (Å²) in [6.45, 7) is 6.92. The molecule has 1 saturated heterocycles. The summed E-state index contributed by atoms with van der Waals surface area (Å²) in [6, 6.07) is 8.39. The van der Waals surface area contributed by atoms with Crippen molar-refractivity contribution in [3.8, 4) is 6.07 Å². The number of benzene rings is 1. The molecule has 1 fully saturated rings. The second-order valence-electron chi connectivity index (χ2n) is 6.96. The topological polar surface area (TPSA) is 67.6 Å². The minimum absolute atomic E-state index is 0.00356. The molecule has 1 aliphatic rings. The quantitative estimate of drug-likeness (QED) is 0.862. The van der Waals surface area contributed by atoms with Gasteiger partial charge in [-0.2, -0.15) is 5.26 Å². The number of likely N-dealkylation sites (tertiary alicyclic amines) is 1.